The van der Waals surface area contributed by atoms with Crippen LogP contribution in [0.15, 0.2) is 18.2 Å². The van der Waals surface area contributed by atoms with Crippen LogP contribution in [-0.4, -0.2) is 24.0 Å². The Balaban J connectivity index is 2.71. The van der Waals surface area contributed by atoms with Gasteiger partial charge in [0.05, 0.1) is 12.7 Å². The van der Waals surface area contributed by atoms with Gasteiger partial charge in [0.15, 0.2) is 5.78 Å². The van der Waals surface area contributed by atoms with Crippen molar-refractivity contribution in [1.82, 2.24) is 0 Å². The summed E-state index contributed by atoms with van der Waals surface area (Å²) < 4.78 is 5.14. The number of methoxy groups -OCH3 is 1. The second kappa shape index (κ2) is 6.03. The smallest absolute Gasteiger partial charge is 0.303 e. The van der Waals surface area contributed by atoms with E-state index >= 15 is 0 Å². The highest BCUT2D eigenvalue weighted by Crippen LogP contribution is 2.22. The van der Waals surface area contributed by atoms with Crippen molar-refractivity contribution in [3.05, 3.63) is 29.3 Å². The predicted octanol–water partition coefficient (Wildman–Crippen LogP) is 2.44. The summed E-state index contributed by atoms with van der Waals surface area (Å²) >= 11 is 0. The van der Waals surface area contributed by atoms with Crippen molar-refractivity contribution in [1.29, 1.82) is 0 Å². The summed E-state index contributed by atoms with van der Waals surface area (Å²) in [6, 6.07) is 5.36. The molecule has 0 bridgehead atoms. The van der Waals surface area contributed by atoms with Gasteiger partial charge in [0, 0.05) is 12.8 Å². The SMILES string of the molecule is COc1cc(C)ccc1C(=O)CCCC(=O)O. The topological polar surface area (TPSA) is 63.6 Å². The number of aliphatic carboxylic acids is 1. The van der Waals surface area contributed by atoms with E-state index < -0.39 is 5.97 Å². The van der Waals surface area contributed by atoms with Gasteiger partial charge in [0.25, 0.3) is 0 Å². The van der Waals surface area contributed by atoms with Crippen molar-refractivity contribution < 1.29 is 19.4 Å². The molecule has 4 nitrogen and oxygen atoms in total. The Hall–Kier alpha value is -1.84. The highest BCUT2D eigenvalue weighted by molar-refractivity contribution is 5.98. The molecule has 92 valence electrons. The Bertz CT molecular complexity index is 423. The quantitative estimate of drug-likeness (QED) is 0.770. The molecule has 0 unspecified atom stereocenters. The summed E-state index contributed by atoms with van der Waals surface area (Å²) in [5.74, 6) is -0.415. The van der Waals surface area contributed by atoms with Crippen molar-refractivity contribution in [3.63, 3.8) is 0 Å². The molecule has 1 aromatic rings. The van der Waals surface area contributed by atoms with Crippen LogP contribution in [-0.2, 0) is 4.79 Å². The Kier molecular flexibility index (Phi) is 4.69. The van der Waals surface area contributed by atoms with Crippen LogP contribution in [0.2, 0.25) is 0 Å². The molecule has 0 fully saturated rings. The van der Waals surface area contributed by atoms with Crippen LogP contribution in [0.1, 0.15) is 35.2 Å². The normalized spacial score (nSPS) is 10.0. The third-order valence-corrected chi connectivity index (χ3v) is 2.45. The van der Waals surface area contributed by atoms with Gasteiger partial charge in [-0.05, 0) is 31.0 Å². The van der Waals surface area contributed by atoms with E-state index in [1.165, 1.54) is 7.11 Å². The van der Waals surface area contributed by atoms with Crippen molar-refractivity contribution >= 4 is 11.8 Å². The first-order valence-electron chi connectivity index (χ1n) is 5.44. The second-order valence-corrected chi connectivity index (χ2v) is 3.87. The number of rotatable bonds is 6. The molecule has 0 heterocycles. The number of carboxylic acid groups (broad SMARTS) is 1. The molecule has 0 aromatic heterocycles. The van der Waals surface area contributed by atoms with Crippen LogP contribution in [0.5, 0.6) is 5.75 Å². The number of hydrogen-bond acceptors (Lipinski definition) is 3. The fraction of sp³-hybridized carbons (Fsp3) is 0.385. The third kappa shape index (κ3) is 3.90. The number of carboxylic acids is 1. The van der Waals surface area contributed by atoms with Gasteiger partial charge in [-0.2, -0.15) is 0 Å². The van der Waals surface area contributed by atoms with Crippen molar-refractivity contribution in [2.24, 2.45) is 0 Å². The summed E-state index contributed by atoms with van der Waals surface area (Å²) in [4.78, 5) is 22.2. The average molecular weight is 236 g/mol. The third-order valence-electron chi connectivity index (χ3n) is 2.45. The molecule has 0 radical (unpaired) electrons. The minimum atomic E-state index is -0.881. The number of aryl methyl sites for hydroxylation is 1. The van der Waals surface area contributed by atoms with Crippen LogP contribution >= 0.6 is 0 Å². The first-order valence-corrected chi connectivity index (χ1v) is 5.44. The van der Waals surface area contributed by atoms with E-state index in [2.05, 4.69) is 0 Å². The summed E-state index contributed by atoms with van der Waals surface area (Å²) in [5.41, 5.74) is 1.53. The summed E-state index contributed by atoms with van der Waals surface area (Å²) in [7, 11) is 1.52. The molecule has 0 atom stereocenters. The molecule has 0 saturated heterocycles. The monoisotopic (exact) mass is 236 g/mol. The average Bonchev–Trinajstić information content (AvgIpc) is 2.28. The van der Waals surface area contributed by atoms with Gasteiger partial charge in [-0.25, -0.2) is 0 Å². The fourth-order valence-electron chi connectivity index (χ4n) is 1.56. The Labute approximate surface area is 100 Å². The van der Waals surface area contributed by atoms with Gasteiger partial charge < -0.3 is 9.84 Å². The maximum atomic E-state index is 11.8. The first-order chi connectivity index (χ1) is 8.04. The van der Waals surface area contributed by atoms with Crippen molar-refractivity contribution in [2.45, 2.75) is 26.2 Å². The maximum Gasteiger partial charge on any atom is 0.303 e. The molecule has 1 rings (SSSR count). The number of ketones is 1. The number of benzene rings is 1. The molecule has 1 aromatic carbocycles. The summed E-state index contributed by atoms with van der Waals surface area (Å²) in [6.45, 7) is 1.92. The van der Waals surface area contributed by atoms with E-state index in [1.54, 1.807) is 12.1 Å². The largest absolute Gasteiger partial charge is 0.496 e. The zero-order chi connectivity index (χ0) is 12.8. The molecule has 0 aliphatic heterocycles. The van der Waals surface area contributed by atoms with Gasteiger partial charge in [-0.15, -0.1) is 0 Å². The highest BCUT2D eigenvalue weighted by Gasteiger charge is 2.12. The van der Waals surface area contributed by atoms with Crippen LogP contribution in [0.3, 0.4) is 0 Å². The number of carbonyl (C=O) groups excluding carboxylic acids is 1. The Morgan fingerprint density at radius 3 is 2.59 bits per heavy atom. The molecule has 4 heteroatoms. The van der Waals surface area contributed by atoms with E-state index in [9.17, 15) is 9.59 Å². The summed E-state index contributed by atoms with van der Waals surface area (Å²) in [5, 5.41) is 8.50. The first kappa shape index (κ1) is 13.2. The molecule has 1 N–H and O–H groups in total. The number of Topliss-reactive ketones (excluding diaryl/α,β-unsaturated/α-hetero) is 1. The van der Waals surface area contributed by atoms with Crippen LogP contribution in [0.4, 0.5) is 0 Å². The predicted molar refractivity (Wildman–Crippen MR) is 63.5 cm³/mol. The summed E-state index contributed by atoms with van der Waals surface area (Å²) in [6.07, 6.45) is 0.594. The van der Waals surface area contributed by atoms with Crippen LogP contribution in [0, 0.1) is 6.92 Å². The molecule has 0 amide bonds. The molecule has 0 aliphatic carbocycles. The highest BCUT2D eigenvalue weighted by atomic mass is 16.5. The second-order valence-electron chi connectivity index (χ2n) is 3.87. The minimum Gasteiger partial charge on any atom is -0.496 e. The zero-order valence-electron chi connectivity index (χ0n) is 10.0. The van der Waals surface area contributed by atoms with E-state index in [-0.39, 0.29) is 18.6 Å². The lowest BCUT2D eigenvalue weighted by Crippen LogP contribution is -2.04. The van der Waals surface area contributed by atoms with E-state index in [4.69, 9.17) is 9.84 Å². The van der Waals surface area contributed by atoms with Gasteiger partial charge in [-0.3, -0.25) is 9.59 Å². The lowest BCUT2D eigenvalue weighted by molar-refractivity contribution is -0.137. The molecule has 0 spiro atoms. The Morgan fingerprint density at radius 2 is 2.00 bits per heavy atom. The van der Waals surface area contributed by atoms with Gasteiger partial charge in [-0.1, -0.05) is 6.07 Å². The van der Waals surface area contributed by atoms with Crippen LogP contribution in [0.25, 0.3) is 0 Å². The number of carbonyl (C=O) groups is 2. The van der Waals surface area contributed by atoms with Gasteiger partial charge in [0.1, 0.15) is 5.75 Å². The molecular formula is C13H16O4. The number of ether oxygens (including phenoxy) is 1. The van der Waals surface area contributed by atoms with Gasteiger partial charge in [0.2, 0.25) is 0 Å². The van der Waals surface area contributed by atoms with Crippen molar-refractivity contribution in [3.8, 4) is 5.75 Å². The molecule has 0 aliphatic rings. The fourth-order valence-corrected chi connectivity index (χ4v) is 1.56. The lowest BCUT2D eigenvalue weighted by Gasteiger charge is -2.08. The van der Waals surface area contributed by atoms with Crippen molar-refractivity contribution in [2.75, 3.05) is 7.11 Å². The number of hydrogen-bond donors (Lipinski definition) is 1. The van der Waals surface area contributed by atoms with E-state index in [1.807, 2.05) is 13.0 Å². The standard InChI is InChI=1S/C13H16O4/c1-9-6-7-10(12(8-9)17-2)11(14)4-3-5-13(15)16/h6-8H,3-5H2,1-2H3,(H,15,16). The minimum absolute atomic E-state index is 0.0138. The Morgan fingerprint density at radius 1 is 1.29 bits per heavy atom. The maximum absolute atomic E-state index is 11.8. The van der Waals surface area contributed by atoms with E-state index in [0.29, 0.717) is 17.7 Å². The molecular weight excluding hydrogens is 220 g/mol. The molecule has 17 heavy (non-hydrogen) atoms. The molecule has 0 saturated carbocycles. The zero-order valence-corrected chi connectivity index (χ0v) is 10.0. The lowest BCUT2D eigenvalue weighted by atomic mass is 10.0. The van der Waals surface area contributed by atoms with Crippen LogP contribution < -0.4 is 4.74 Å². The van der Waals surface area contributed by atoms with E-state index in [0.717, 1.165) is 5.56 Å². The van der Waals surface area contributed by atoms with Gasteiger partial charge >= 0.3 is 5.97 Å².